The summed E-state index contributed by atoms with van der Waals surface area (Å²) >= 11 is 5.69. The molecule has 1 aromatic rings. The molecule has 0 spiro atoms. The van der Waals surface area contributed by atoms with Gasteiger partial charge in [-0.25, -0.2) is 12.8 Å². The molecule has 0 aliphatic heterocycles. The van der Waals surface area contributed by atoms with Crippen molar-refractivity contribution in [2.24, 2.45) is 0 Å². The molecule has 0 aliphatic carbocycles. The molecule has 0 unspecified atom stereocenters. The summed E-state index contributed by atoms with van der Waals surface area (Å²) in [6, 6.07) is 2.13. The van der Waals surface area contributed by atoms with Gasteiger partial charge in [0.1, 0.15) is 5.82 Å². The highest BCUT2D eigenvalue weighted by Gasteiger charge is 2.19. The van der Waals surface area contributed by atoms with Gasteiger partial charge in [0.2, 0.25) is 0 Å². The Morgan fingerprint density at radius 2 is 2.07 bits per heavy atom. The molecule has 0 amide bonds. The van der Waals surface area contributed by atoms with Crippen LogP contribution in [0.1, 0.15) is 5.56 Å². The summed E-state index contributed by atoms with van der Waals surface area (Å²) in [7, 11) is -3.70. The van der Waals surface area contributed by atoms with Gasteiger partial charge in [0.05, 0.1) is 22.3 Å². The van der Waals surface area contributed by atoms with Gasteiger partial charge in [-0.05, 0) is 24.6 Å². The molecule has 6 heteroatoms. The molecule has 0 saturated heterocycles. The van der Waals surface area contributed by atoms with Crippen LogP contribution in [0.25, 0.3) is 0 Å². The summed E-state index contributed by atoms with van der Waals surface area (Å²) in [5.74, 6) is -1.09. The maximum Gasteiger partial charge on any atom is 0.182 e. The van der Waals surface area contributed by atoms with Crippen LogP contribution >= 0.6 is 11.6 Å². The van der Waals surface area contributed by atoms with E-state index in [0.717, 1.165) is 6.07 Å². The fourth-order valence-corrected chi connectivity index (χ4v) is 2.77. The number of hydrogen-bond acceptors (Lipinski definition) is 3. The standard InChI is InChI=1S/C9H10ClFO3S/c1-6-4-7(10)9(5-8(6)11)15(13,14)3-2-12/h4-5,12H,2-3H2,1H3. The second-order valence-corrected chi connectivity index (χ2v) is 5.56. The van der Waals surface area contributed by atoms with Crippen LogP contribution in [0.2, 0.25) is 5.02 Å². The summed E-state index contributed by atoms with van der Waals surface area (Å²) in [4.78, 5) is -0.277. The normalized spacial score (nSPS) is 11.7. The number of benzene rings is 1. The van der Waals surface area contributed by atoms with Gasteiger partial charge in [-0.3, -0.25) is 0 Å². The predicted molar refractivity (Wildman–Crippen MR) is 55.3 cm³/mol. The van der Waals surface area contributed by atoms with Crippen molar-refractivity contribution in [2.75, 3.05) is 12.4 Å². The smallest absolute Gasteiger partial charge is 0.182 e. The molecule has 1 rings (SSSR count). The molecule has 1 N–H and O–H groups in total. The number of halogens is 2. The van der Waals surface area contributed by atoms with E-state index in [1.807, 2.05) is 0 Å². The van der Waals surface area contributed by atoms with Gasteiger partial charge in [-0.15, -0.1) is 0 Å². The Labute approximate surface area is 92.4 Å². The third-order valence-electron chi connectivity index (χ3n) is 1.91. The molecule has 3 nitrogen and oxygen atoms in total. The molecular formula is C9H10ClFO3S. The Morgan fingerprint density at radius 1 is 1.47 bits per heavy atom. The Bertz CT molecular complexity index is 470. The SMILES string of the molecule is Cc1cc(Cl)c(S(=O)(=O)CCO)cc1F. The van der Waals surface area contributed by atoms with Crippen molar-refractivity contribution in [3.8, 4) is 0 Å². The zero-order valence-electron chi connectivity index (χ0n) is 8.00. The number of aliphatic hydroxyl groups excluding tert-OH is 1. The Kier molecular flexibility index (Phi) is 3.70. The molecule has 0 aromatic heterocycles. The first-order valence-electron chi connectivity index (χ1n) is 4.18. The van der Waals surface area contributed by atoms with Crippen molar-refractivity contribution >= 4 is 21.4 Å². The van der Waals surface area contributed by atoms with Crippen LogP contribution in [0.4, 0.5) is 4.39 Å². The zero-order chi connectivity index (χ0) is 11.6. The van der Waals surface area contributed by atoms with E-state index in [9.17, 15) is 12.8 Å². The summed E-state index contributed by atoms with van der Waals surface area (Å²) in [5.41, 5.74) is 0.281. The number of hydrogen-bond donors (Lipinski definition) is 1. The largest absolute Gasteiger partial charge is 0.395 e. The zero-order valence-corrected chi connectivity index (χ0v) is 9.57. The van der Waals surface area contributed by atoms with Crippen molar-refractivity contribution in [1.82, 2.24) is 0 Å². The highest BCUT2D eigenvalue weighted by Crippen LogP contribution is 2.25. The maximum absolute atomic E-state index is 13.1. The van der Waals surface area contributed by atoms with E-state index >= 15 is 0 Å². The molecule has 15 heavy (non-hydrogen) atoms. The van der Waals surface area contributed by atoms with Crippen LogP contribution in [-0.2, 0) is 9.84 Å². The molecule has 0 fully saturated rings. The van der Waals surface area contributed by atoms with Crippen LogP contribution in [0.3, 0.4) is 0 Å². The molecule has 0 heterocycles. The first-order chi connectivity index (χ1) is 6.88. The van der Waals surface area contributed by atoms with Crippen molar-refractivity contribution in [3.63, 3.8) is 0 Å². The highest BCUT2D eigenvalue weighted by atomic mass is 35.5. The highest BCUT2D eigenvalue weighted by molar-refractivity contribution is 7.91. The van der Waals surface area contributed by atoms with Crippen LogP contribution < -0.4 is 0 Å². The minimum atomic E-state index is -3.70. The average Bonchev–Trinajstić information content (AvgIpc) is 2.11. The average molecular weight is 253 g/mol. The van der Waals surface area contributed by atoms with Crippen LogP contribution in [0, 0.1) is 12.7 Å². The molecule has 0 aliphatic rings. The van der Waals surface area contributed by atoms with Crippen LogP contribution in [0.5, 0.6) is 0 Å². The number of aryl methyl sites for hydroxylation is 1. The molecule has 0 radical (unpaired) electrons. The van der Waals surface area contributed by atoms with Gasteiger partial charge < -0.3 is 5.11 Å². The first-order valence-corrected chi connectivity index (χ1v) is 6.21. The third kappa shape index (κ3) is 2.68. The third-order valence-corrected chi connectivity index (χ3v) is 4.06. The first kappa shape index (κ1) is 12.4. The van der Waals surface area contributed by atoms with E-state index in [2.05, 4.69) is 0 Å². The quantitative estimate of drug-likeness (QED) is 0.888. The fourth-order valence-electron chi connectivity index (χ4n) is 1.10. The number of sulfone groups is 1. The minimum Gasteiger partial charge on any atom is -0.395 e. The molecule has 0 atom stereocenters. The molecule has 0 bridgehead atoms. The topological polar surface area (TPSA) is 54.4 Å². The molecular weight excluding hydrogens is 243 g/mol. The second-order valence-electron chi connectivity index (χ2n) is 3.07. The summed E-state index contributed by atoms with van der Waals surface area (Å²) in [6.07, 6.45) is 0. The van der Waals surface area contributed by atoms with Crippen LogP contribution in [-0.4, -0.2) is 25.9 Å². The van der Waals surface area contributed by atoms with Crippen molar-refractivity contribution in [3.05, 3.63) is 28.5 Å². The number of aliphatic hydroxyl groups is 1. The van der Waals surface area contributed by atoms with E-state index in [4.69, 9.17) is 16.7 Å². The van der Waals surface area contributed by atoms with Gasteiger partial charge in [0.25, 0.3) is 0 Å². The monoisotopic (exact) mass is 252 g/mol. The van der Waals surface area contributed by atoms with E-state index in [1.165, 1.54) is 13.0 Å². The van der Waals surface area contributed by atoms with E-state index in [1.54, 1.807) is 0 Å². The maximum atomic E-state index is 13.1. The summed E-state index contributed by atoms with van der Waals surface area (Å²) in [5, 5.41) is 8.54. The van der Waals surface area contributed by atoms with Gasteiger partial charge in [0.15, 0.2) is 9.84 Å². The van der Waals surface area contributed by atoms with Crippen LogP contribution in [0.15, 0.2) is 17.0 Å². The molecule has 0 saturated carbocycles. The lowest BCUT2D eigenvalue weighted by molar-refractivity contribution is 0.319. The van der Waals surface area contributed by atoms with Crippen molar-refractivity contribution in [1.29, 1.82) is 0 Å². The van der Waals surface area contributed by atoms with Gasteiger partial charge in [0, 0.05) is 0 Å². The second kappa shape index (κ2) is 4.47. The lowest BCUT2D eigenvalue weighted by Gasteiger charge is -2.06. The fraction of sp³-hybridized carbons (Fsp3) is 0.333. The Balaban J connectivity index is 3.33. The molecule has 1 aromatic carbocycles. The minimum absolute atomic E-state index is 0.0256. The van der Waals surface area contributed by atoms with Gasteiger partial charge >= 0.3 is 0 Å². The molecule has 84 valence electrons. The van der Waals surface area contributed by atoms with Crippen molar-refractivity contribution in [2.45, 2.75) is 11.8 Å². The summed E-state index contributed by atoms with van der Waals surface area (Å²) in [6.45, 7) is 0.970. The van der Waals surface area contributed by atoms with E-state index < -0.39 is 28.0 Å². The Hall–Kier alpha value is -0.650. The van der Waals surface area contributed by atoms with E-state index in [-0.39, 0.29) is 15.5 Å². The van der Waals surface area contributed by atoms with E-state index in [0.29, 0.717) is 0 Å². The van der Waals surface area contributed by atoms with Crippen molar-refractivity contribution < 1.29 is 17.9 Å². The summed E-state index contributed by atoms with van der Waals surface area (Å²) < 4.78 is 36.2. The Morgan fingerprint density at radius 3 is 2.60 bits per heavy atom. The lowest BCUT2D eigenvalue weighted by Crippen LogP contribution is -2.11. The van der Waals surface area contributed by atoms with Gasteiger partial charge in [-0.1, -0.05) is 11.6 Å². The predicted octanol–water partition coefficient (Wildman–Crippen LogP) is 1.55. The number of rotatable bonds is 3. The van der Waals surface area contributed by atoms with Gasteiger partial charge in [-0.2, -0.15) is 0 Å². The lowest BCUT2D eigenvalue weighted by atomic mass is 10.2.